The Morgan fingerprint density at radius 1 is 0.259 bits per heavy atom. The molecule has 0 bridgehead atoms. The summed E-state index contributed by atoms with van der Waals surface area (Å²) in [5.41, 5.74) is 14.7. The van der Waals surface area contributed by atoms with Gasteiger partial charge in [-0.05, 0) is 103 Å². The zero-order valence-corrected chi connectivity index (χ0v) is 29.4. The molecule has 2 heterocycles. The zero-order valence-electron chi connectivity index (χ0n) is 29.4. The Morgan fingerprint density at radius 3 is 1.13 bits per heavy atom. The lowest BCUT2D eigenvalue weighted by Gasteiger charge is -2.14. The molecule has 2 aromatic heterocycles. The van der Waals surface area contributed by atoms with E-state index in [0.717, 1.165) is 0 Å². The van der Waals surface area contributed by atoms with Crippen molar-refractivity contribution in [2.24, 2.45) is 0 Å². The average Bonchev–Trinajstić information content (AvgIpc) is 3.77. The third kappa shape index (κ3) is 4.11. The van der Waals surface area contributed by atoms with Crippen LogP contribution in [0.25, 0.3) is 110 Å². The van der Waals surface area contributed by atoms with Gasteiger partial charge in [-0.2, -0.15) is 0 Å². The summed E-state index contributed by atoms with van der Waals surface area (Å²) in [5, 5.41) is 10.4. The second-order valence-electron chi connectivity index (χ2n) is 14.5. The fourth-order valence-electron chi connectivity index (χ4n) is 9.31. The Hall–Kier alpha value is -7.16. The fraction of sp³-hybridized carbons (Fsp3) is 0. The van der Waals surface area contributed by atoms with Gasteiger partial charge < -0.3 is 9.13 Å². The normalized spacial score (nSPS) is 12.1. The van der Waals surface area contributed by atoms with Crippen molar-refractivity contribution in [3.8, 4) is 44.8 Å². The Labute approximate surface area is 312 Å². The van der Waals surface area contributed by atoms with E-state index in [2.05, 4.69) is 203 Å². The molecule has 0 saturated heterocycles. The summed E-state index contributed by atoms with van der Waals surface area (Å²) >= 11 is 0. The van der Waals surface area contributed by atoms with Crippen LogP contribution in [0.1, 0.15) is 0 Å². The summed E-state index contributed by atoms with van der Waals surface area (Å²) in [5.74, 6) is 0. The monoisotopic (exact) mass is 684 g/mol. The van der Waals surface area contributed by atoms with Gasteiger partial charge in [-0.25, -0.2) is 0 Å². The highest BCUT2D eigenvalue weighted by molar-refractivity contribution is 6.30. The Kier molecular flexibility index (Phi) is 6.09. The molecule has 250 valence electrons. The summed E-state index contributed by atoms with van der Waals surface area (Å²) in [4.78, 5) is 0. The van der Waals surface area contributed by atoms with Gasteiger partial charge in [0.15, 0.2) is 0 Å². The first kappa shape index (κ1) is 29.4. The Bertz CT molecular complexity index is 3140. The Balaban J connectivity index is 1.10. The van der Waals surface area contributed by atoms with Crippen molar-refractivity contribution in [1.82, 2.24) is 9.13 Å². The lowest BCUT2D eigenvalue weighted by atomic mass is 9.90. The van der Waals surface area contributed by atoms with Crippen LogP contribution in [0.2, 0.25) is 0 Å². The molecule has 54 heavy (non-hydrogen) atoms. The highest BCUT2D eigenvalue weighted by atomic mass is 15.0. The molecule has 12 rings (SSSR count). The SMILES string of the molecule is c1ccc(-c2cccc(-n3c4cccc5ccc6c(-c7ccc8c9c7ccc7cccc(c79)n8-c7cccc(-c8ccccc8)c7)ccc3c6c54)c2)cc1. The molecule has 0 spiro atoms. The van der Waals surface area contributed by atoms with Crippen molar-refractivity contribution in [1.29, 1.82) is 0 Å². The van der Waals surface area contributed by atoms with Crippen molar-refractivity contribution in [2.75, 3.05) is 0 Å². The first-order valence-corrected chi connectivity index (χ1v) is 18.7. The van der Waals surface area contributed by atoms with Gasteiger partial charge in [0.2, 0.25) is 0 Å². The average molecular weight is 685 g/mol. The zero-order chi connectivity index (χ0) is 35.3. The third-order valence-electron chi connectivity index (χ3n) is 11.6. The van der Waals surface area contributed by atoms with E-state index in [-0.39, 0.29) is 0 Å². The molecule has 0 saturated carbocycles. The molecule has 0 aliphatic heterocycles. The van der Waals surface area contributed by atoms with E-state index in [1.54, 1.807) is 0 Å². The predicted octanol–water partition coefficient (Wildman–Crippen LogP) is 14.1. The number of aromatic nitrogens is 2. The van der Waals surface area contributed by atoms with Gasteiger partial charge in [0, 0.05) is 32.9 Å². The van der Waals surface area contributed by atoms with Crippen LogP contribution in [-0.4, -0.2) is 9.13 Å². The maximum atomic E-state index is 2.46. The lowest BCUT2D eigenvalue weighted by Crippen LogP contribution is -1.95. The number of hydrogen-bond donors (Lipinski definition) is 0. The minimum Gasteiger partial charge on any atom is -0.309 e. The van der Waals surface area contributed by atoms with Crippen LogP contribution in [0, 0.1) is 0 Å². The molecule has 10 aromatic carbocycles. The van der Waals surface area contributed by atoms with Crippen LogP contribution in [-0.2, 0) is 0 Å². The predicted molar refractivity (Wildman–Crippen MR) is 229 cm³/mol. The fourth-order valence-corrected chi connectivity index (χ4v) is 9.31. The molecule has 0 amide bonds. The number of hydrogen-bond acceptors (Lipinski definition) is 0. The van der Waals surface area contributed by atoms with E-state index in [1.807, 2.05) is 0 Å². The topological polar surface area (TPSA) is 9.86 Å². The molecule has 2 heteroatoms. The number of rotatable bonds is 5. The van der Waals surface area contributed by atoms with E-state index in [0.29, 0.717) is 0 Å². The van der Waals surface area contributed by atoms with E-state index in [9.17, 15) is 0 Å². The molecular formula is C52H32N2. The quantitative estimate of drug-likeness (QED) is 0.160. The van der Waals surface area contributed by atoms with E-state index >= 15 is 0 Å². The van der Waals surface area contributed by atoms with Gasteiger partial charge in [-0.15, -0.1) is 0 Å². The van der Waals surface area contributed by atoms with E-state index < -0.39 is 0 Å². The molecule has 0 aliphatic carbocycles. The molecule has 0 N–H and O–H groups in total. The maximum Gasteiger partial charge on any atom is 0.0547 e. The minimum atomic E-state index is 1.17. The van der Waals surface area contributed by atoms with Crippen molar-refractivity contribution in [2.45, 2.75) is 0 Å². The van der Waals surface area contributed by atoms with Crippen LogP contribution in [0.15, 0.2) is 194 Å². The second kappa shape index (κ2) is 11.2. The number of nitrogens with zero attached hydrogens (tertiary/aromatic N) is 2. The highest BCUT2D eigenvalue weighted by Gasteiger charge is 2.23. The molecule has 12 aromatic rings. The lowest BCUT2D eigenvalue weighted by molar-refractivity contribution is 1.18. The first-order valence-electron chi connectivity index (χ1n) is 18.7. The van der Waals surface area contributed by atoms with Crippen molar-refractivity contribution < 1.29 is 0 Å². The van der Waals surface area contributed by atoms with Gasteiger partial charge in [0.25, 0.3) is 0 Å². The molecule has 0 aliphatic rings. The standard InChI is InChI=1S/C52H32N2/c1-3-11-33(12-4-1)37-17-7-19-39(31-37)53-45-21-9-15-35-23-25-43-41(27-29-47(53)51(43)49(35)45)42-28-30-48-52-44(42)26-24-36-16-10-22-46(50(36)52)54(48)40-20-8-18-38(32-40)34-13-5-2-6-14-34/h1-32H. The smallest absolute Gasteiger partial charge is 0.0547 e. The highest BCUT2D eigenvalue weighted by Crippen LogP contribution is 2.47. The first-order chi connectivity index (χ1) is 26.8. The minimum absolute atomic E-state index is 1.17. The van der Waals surface area contributed by atoms with Crippen LogP contribution in [0.4, 0.5) is 0 Å². The molecule has 0 atom stereocenters. The largest absolute Gasteiger partial charge is 0.309 e. The van der Waals surface area contributed by atoms with Crippen LogP contribution in [0.3, 0.4) is 0 Å². The third-order valence-corrected chi connectivity index (χ3v) is 11.6. The van der Waals surface area contributed by atoms with Crippen LogP contribution < -0.4 is 0 Å². The molecule has 0 radical (unpaired) electrons. The van der Waals surface area contributed by atoms with Crippen LogP contribution >= 0.6 is 0 Å². The maximum absolute atomic E-state index is 2.46. The van der Waals surface area contributed by atoms with Gasteiger partial charge in [-0.3, -0.25) is 0 Å². The van der Waals surface area contributed by atoms with Gasteiger partial charge >= 0.3 is 0 Å². The second-order valence-corrected chi connectivity index (χ2v) is 14.5. The van der Waals surface area contributed by atoms with Gasteiger partial charge in [0.1, 0.15) is 0 Å². The van der Waals surface area contributed by atoms with Crippen molar-refractivity contribution in [3.05, 3.63) is 194 Å². The van der Waals surface area contributed by atoms with E-state index in [4.69, 9.17) is 0 Å². The molecular weight excluding hydrogens is 653 g/mol. The van der Waals surface area contributed by atoms with Crippen LogP contribution in [0.5, 0.6) is 0 Å². The summed E-state index contributed by atoms with van der Waals surface area (Å²) < 4.78 is 4.91. The Morgan fingerprint density at radius 2 is 0.667 bits per heavy atom. The van der Waals surface area contributed by atoms with Crippen molar-refractivity contribution in [3.63, 3.8) is 0 Å². The summed E-state index contributed by atoms with van der Waals surface area (Å²) in [6.45, 7) is 0. The summed E-state index contributed by atoms with van der Waals surface area (Å²) in [6, 6.07) is 71.4. The summed E-state index contributed by atoms with van der Waals surface area (Å²) in [7, 11) is 0. The summed E-state index contributed by atoms with van der Waals surface area (Å²) in [6.07, 6.45) is 0. The molecule has 0 fully saturated rings. The molecule has 0 unspecified atom stereocenters. The number of benzene rings is 10. The van der Waals surface area contributed by atoms with Crippen molar-refractivity contribution >= 4 is 65.2 Å². The van der Waals surface area contributed by atoms with E-state index in [1.165, 1.54) is 110 Å². The van der Waals surface area contributed by atoms with Gasteiger partial charge in [0.05, 0.1) is 22.1 Å². The molecule has 2 nitrogen and oxygen atoms in total. The van der Waals surface area contributed by atoms with Gasteiger partial charge in [-0.1, -0.05) is 146 Å².